The minimum Gasteiger partial charge on any atom is -0.478 e. The van der Waals surface area contributed by atoms with Crippen LogP contribution in [0.15, 0.2) is 30.3 Å². The van der Waals surface area contributed by atoms with Gasteiger partial charge >= 0.3 is 0 Å². The summed E-state index contributed by atoms with van der Waals surface area (Å²) in [4.78, 5) is 12.0. The molecule has 3 rings (SSSR count). The molecule has 1 aliphatic heterocycles. The third-order valence-corrected chi connectivity index (χ3v) is 2.84. The minimum atomic E-state index is -0.344. The van der Waals surface area contributed by atoms with Gasteiger partial charge < -0.3 is 10.1 Å². The predicted molar refractivity (Wildman–Crippen MR) is 66.7 cm³/mol. The van der Waals surface area contributed by atoms with Crippen molar-refractivity contribution in [3.8, 4) is 5.88 Å². The van der Waals surface area contributed by atoms with E-state index in [-0.39, 0.29) is 11.7 Å². The van der Waals surface area contributed by atoms with Gasteiger partial charge in [-0.15, -0.1) is 0 Å². The van der Waals surface area contributed by atoms with Crippen LogP contribution in [0.3, 0.4) is 0 Å². The number of fused-ring (bicyclic) bond motifs is 1. The minimum absolute atomic E-state index is 0.293. The predicted octanol–water partition coefficient (Wildman–Crippen LogP) is 2.06. The second-order valence-electron chi connectivity index (χ2n) is 4.25. The number of nitrogens with one attached hydrogen (secondary N) is 1. The van der Waals surface area contributed by atoms with Gasteiger partial charge in [-0.1, -0.05) is 0 Å². The number of carbonyl (C=O) groups excluding carboxylic acids is 1. The Hall–Kier alpha value is -2.37. The normalized spacial score (nSPS) is 13.5. The van der Waals surface area contributed by atoms with E-state index in [1.54, 1.807) is 10.7 Å². The van der Waals surface area contributed by atoms with E-state index in [0.29, 0.717) is 23.9 Å². The van der Waals surface area contributed by atoms with Crippen LogP contribution in [0.2, 0.25) is 0 Å². The SMILES string of the molecule is O=C(Nc1ccc(F)cc1)c1cc2n(n1)CCCO2. The summed E-state index contributed by atoms with van der Waals surface area (Å²) in [6.45, 7) is 1.39. The molecule has 1 aliphatic rings. The molecule has 5 nitrogen and oxygen atoms in total. The average Bonchev–Trinajstić information content (AvgIpc) is 2.85. The highest BCUT2D eigenvalue weighted by molar-refractivity contribution is 6.03. The van der Waals surface area contributed by atoms with E-state index >= 15 is 0 Å². The summed E-state index contributed by atoms with van der Waals surface area (Å²) in [5.74, 6) is -0.0727. The lowest BCUT2D eigenvalue weighted by Gasteiger charge is -2.13. The zero-order valence-electron chi connectivity index (χ0n) is 10.1. The zero-order valence-corrected chi connectivity index (χ0v) is 10.1. The lowest BCUT2D eigenvalue weighted by atomic mass is 10.3. The molecule has 0 radical (unpaired) electrons. The first-order valence-electron chi connectivity index (χ1n) is 6.00. The van der Waals surface area contributed by atoms with Gasteiger partial charge in [0.15, 0.2) is 5.69 Å². The molecule has 0 fully saturated rings. The van der Waals surface area contributed by atoms with Crippen molar-refractivity contribution in [3.05, 3.63) is 41.8 Å². The molecule has 0 saturated heterocycles. The zero-order chi connectivity index (χ0) is 13.2. The first-order chi connectivity index (χ1) is 9.22. The first kappa shape index (κ1) is 11.7. The molecule has 1 aromatic carbocycles. The molecule has 2 heterocycles. The van der Waals surface area contributed by atoms with Crippen molar-refractivity contribution in [2.24, 2.45) is 0 Å². The Labute approximate surface area is 109 Å². The molecule has 0 unspecified atom stereocenters. The molecule has 0 bridgehead atoms. The number of carbonyl (C=O) groups is 1. The topological polar surface area (TPSA) is 56.2 Å². The third-order valence-electron chi connectivity index (χ3n) is 2.84. The van der Waals surface area contributed by atoms with Gasteiger partial charge in [-0.05, 0) is 24.3 Å². The average molecular weight is 261 g/mol. The van der Waals surface area contributed by atoms with Crippen LogP contribution in [-0.4, -0.2) is 22.3 Å². The molecule has 1 amide bonds. The maximum atomic E-state index is 12.8. The molecule has 1 aromatic heterocycles. The number of nitrogens with zero attached hydrogens (tertiary/aromatic N) is 2. The van der Waals surface area contributed by atoms with E-state index in [1.165, 1.54) is 24.3 Å². The molecule has 0 spiro atoms. The Morgan fingerprint density at radius 3 is 2.89 bits per heavy atom. The largest absolute Gasteiger partial charge is 0.478 e. The van der Waals surface area contributed by atoms with Gasteiger partial charge in [0.05, 0.1) is 6.61 Å². The van der Waals surface area contributed by atoms with Crippen LogP contribution in [0, 0.1) is 5.82 Å². The van der Waals surface area contributed by atoms with E-state index in [0.717, 1.165) is 13.0 Å². The van der Waals surface area contributed by atoms with Crippen LogP contribution in [0.5, 0.6) is 5.88 Å². The highest BCUT2D eigenvalue weighted by atomic mass is 19.1. The van der Waals surface area contributed by atoms with Crippen LogP contribution < -0.4 is 10.1 Å². The van der Waals surface area contributed by atoms with Gasteiger partial charge in [0, 0.05) is 24.7 Å². The van der Waals surface area contributed by atoms with Crippen molar-refractivity contribution in [2.75, 3.05) is 11.9 Å². The second kappa shape index (κ2) is 4.72. The molecule has 0 saturated carbocycles. The van der Waals surface area contributed by atoms with E-state index in [1.807, 2.05) is 0 Å². The Morgan fingerprint density at radius 1 is 1.37 bits per heavy atom. The van der Waals surface area contributed by atoms with E-state index < -0.39 is 0 Å². The summed E-state index contributed by atoms with van der Waals surface area (Å²) < 4.78 is 19.8. The number of halogens is 1. The smallest absolute Gasteiger partial charge is 0.276 e. The number of ether oxygens (including phenoxy) is 1. The molecule has 2 aromatic rings. The third kappa shape index (κ3) is 2.42. The number of anilines is 1. The van der Waals surface area contributed by atoms with Gasteiger partial charge in [-0.3, -0.25) is 4.79 Å². The van der Waals surface area contributed by atoms with Crippen LogP contribution in [0.1, 0.15) is 16.9 Å². The standard InChI is InChI=1S/C13H12FN3O2/c14-9-2-4-10(5-3-9)15-13(18)11-8-12-17(16-11)6-1-7-19-12/h2-5,8H,1,6-7H2,(H,15,18). The fourth-order valence-corrected chi connectivity index (χ4v) is 1.91. The van der Waals surface area contributed by atoms with Crippen molar-refractivity contribution in [1.29, 1.82) is 0 Å². The summed E-state index contributed by atoms with van der Waals surface area (Å²) in [6, 6.07) is 7.19. The number of hydrogen-bond donors (Lipinski definition) is 1. The molecule has 0 aliphatic carbocycles. The number of aryl methyl sites for hydroxylation is 1. The molecule has 6 heteroatoms. The van der Waals surface area contributed by atoms with E-state index in [9.17, 15) is 9.18 Å². The maximum absolute atomic E-state index is 12.8. The van der Waals surface area contributed by atoms with Gasteiger partial charge in [-0.2, -0.15) is 5.10 Å². The van der Waals surface area contributed by atoms with Gasteiger partial charge in [-0.25, -0.2) is 9.07 Å². The van der Waals surface area contributed by atoms with Crippen molar-refractivity contribution >= 4 is 11.6 Å². The molecular weight excluding hydrogens is 249 g/mol. The molecular formula is C13H12FN3O2. The Morgan fingerprint density at radius 2 is 2.16 bits per heavy atom. The van der Waals surface area contributed by atoms with Crippen LogP contribution >= 0.6 is 0 Å². The monoisotopic (exact) mass is 261 g/mol. The van der Waals surface area contributed by atoms with Gasteiger partial charge in [0.2, 0.25) is 5.88 Å². The molecule has 1 N–H and O–H groups in total. The summed E-state index contributed by atoms with van der Waals surface area (Å²) in [7, 11) is 0. The van der Waals surface area contributed by atoms with Crippen molar-refractivity contribution < 1.29 is 13.9 Å². The Balaban J connectivity index is 1.76. The van der Waals surface area contributed by atoms with E-state index in [2.05, 4.69) is 10.4 Å². The molecule has 0 atom stereocenters. The quantitative estimate of drug-likeness (QED) is 0.900. The summed E-state index contributed by atoms with van der Waals surface area (Å²) in [6.07, 6.45) is 0.883. The number of rotatable bonds is 2. The molecule has 19 heavy (non-hydrogen) atoms. The lowest BCUT2D eigenvalue weighted by molar-refractivity contribution is 0.102. The second-order valence-corrected chi connectivity index (χ2v) is 4.25. The number of benzene rings is 1. The summed E-state index contributed by atoms with van der Waals surface area (Å²) in [5, 5.41) is 6.83. The van der Waals surface area contributed by atoms with Crippen molar-refractivity contribution in [2.45, 2.75) is 13.0 Å². The number of amides is 1. The molecule has 98 valence electrons. The van der Waals surface area contributed by atoms with Crippen molar-refractivity contribution in [1.82, 2.24) is 9.78 Å². The fourth-order valence-electron chi connectivity index (χ4n) is 1.91. The summed E-state index contributed by atoms with van der Waals surface area (Å²) >= 11 is 0. The highest BCUT2D eigenvalue weighted by Gasteiger charge is 2.17. The maximum Gasteiger partial charge on any atom is 0.276 e. The highest BCUT2D eigenvalue weighted by Crippen LogP contribution is 2.19. The fraction of sp³-hybridized carbons (Fsp3) is 0.231. The van der Waals surface area contributed by atoms with Gasteiger partial charge in [0.1, 0.15) is 5.82 Å². The Bertz CT molecular complexity index is 583. The first-order valence-corrected chi connectivity index (χ1v) is 6.00. The van der Waals surface area contributed by atoms with Crippen LogP contribution in [0.25, 0.3) is 0 Å². The van der Waals surface area contributed by atoms with Crippen molar-refractivity contribution in [3.63, 3.8) is 0 Å². The van der Waals surface area contributed by atoms with E-state index in [4.69, 9.17) is 4.74 Å². The van der Waals surface area contributed by atoms with Crippen LogP contribution in [-0.2, 0) is 6.54 Å². The Kier molecular flexibility index (Phi) is 2.91. The van der Waals surface area contributed by atoms with Gasteiger partial charge in [0.25, 0.3) is 5.91 Å². The summed E-state index contributed by atoms with van der Waals surface area (Å²) in [5.41, 5.74) is 0.819. The lowest BCUT2D eigenvalue weighted by Crippen LogP contribution is -2.16. The number of aromatic nitrogens is 2. The van der Waals surface area contributed by atoms with Crippen LogP contribution in [0.4, 0.5) is 10.1 Å². The number of hydrogen-bond acceptors (Lipinski definition) is 3.